The second-order valence-electron chi connectivity index (χ2n) is 7.25. The Morgan fingerprint density at radius 3 is 2.28 bits per heavy atom. The number of allylic oxidation sites excluding steroid dienone is 1. The van der Waals surface area contributed by atoms with E-state index in [1.807, 2.05) is 24.4 Å². The molecule has 4 aromatic rings. The molecule has 0 aliphatic heterocycles. The van der Waals surface area contributed by atoms with Crippen LogP contribution in [0, 0.1) is 13.8 Å². The zero-order chi connectivity index (χ0) is 20.1. The lowest BCUT2D eigenvalue weighted by Gasteiger charge is -2.12. The largest absolute Gasteiger partial charge is 0.355 e. The maximum Gasteiger partial charge on any atom is 0.0632 e. The Morgan fingerprint density at radius 1 is 0.724 bits per heavy atom. The van der Waals surface area contributed by atoms with Gasteiger partial charge in [-0.25, -0.2) is 0 Å². The summed E-state index contributed by atoms with van der Waals surface area (Å²) in [4.78, 5) is 4.61. The topological polar surface area (TPSA) is 24.4 Å². The minimum Gasteiger partial charge on any atom is -0.355 e. The van der Waals surface area contributed by atoms with E-state index in [0.29, 0.717) is 0 Å². The Bertz CT molecular complexity index is 1200. The zero-order valence-corrected chi connectivity index (χ0v) is 16.8. The molecule has 4 aromatic carbocycles. The molecule has 0 atom stereocenters. The molecule has 0 saturated heterocycles. The SMILES string of the molecule is Cc1cccc(N=C/C=C(\Nc2cccc(C)c2)c2ccc3ccccc3c2)c1. The van der Waals surface area contributed by atoms with E-state index in [1.165, 1.54) is 21.9 Å². The van der Waals surface area contributed by atoms with Gasteiger partial charge in [-0.1, -0.05) is 60.7 Å². The summed E-state index contributed by atoms with van der Waals surface area (Å²) in [5.41, 5.74) is 6.58. The summed E-state index contributed by atoms with van der Waals surface area (Å²) in [6, 6.07) is 31.5. The summed E-state index contributed by atoms with van der Waals surface area (Å²) in [6.07, 6.45) is 3.90. The van der Waals surface area contributed by atoms with Gasteiger partial charge in [-0.3, -0.25) is 4.99 Å². The number of anilines is 1. The Morgan fingerprint density at radius 2 is 1.48 bits per heavy atom. The first kappa shape index (κ1) is 18.7. The zero-order valence-electron chi connectivity index (χ0n) is 16.8. The molecule has 0 bridgehead atoms. The van der Waals surface area contributed by atoms with Gasteiger partial charge in [0.2, 0.25) is 0 Å². The first-order valence-electron chi connectivity index (χ1n) is 9.81. The van der Waals surface area contributed by atoms with Gasteiger partial charge in [0.05, 0.1) is 5.69 Å². The predicted octanol–water partition coefficient (Wildman–Crippen LogP) is 7.31. The number of nitrogens with zero attached hydrogens (tertiary/aromatic N) is 1. The molecule has 142 valence electrons. The summed E-state index contributed by atoms with van der Waals surface area (Å²) < 4.78 is 0. The van der Waals surface area contributed by atoms with E-state index in [-0.39, 0.29) is 0 Å². The molecule has 0 aromatic heterocycles. The maximum absolute atomic E-state index is 4.61. The maximum atomic E-state index is 4.61. The average molecular weight is 377 g/mol. The van der Waals surface area contributed by atoms with Crippen LogP contribution in [-0.2, 0) is 0 Å². The third-order valence-corrected chi connectivity index (χ3v) is 4.82. The van der Waals surface area contributed by atoms with Crippen LogP contribution in [0.5, 0.6) is 0 Å². The summed E-state index contributed by atoms with van der Waals surface area (Å²) in [6.45, 7) is 4.18. The van der Waals surface area contributed by atoms with Crippen molar-refractivity contribution in [3.63, 3.8) is 0 Å². The van der Waals surface area contributed by atoms with Gasteiger partial charge in [-0.05, 0) is 77.7 Å². The van der Waals surface area contributed by atoms with Gasteiger partial charge in [0.15, 0.2) is 0 Å². The fourth-order valence-electron chi connectivity index (χ4n) is 3.35. The second-order valence-corrected chi connectivity index (χ2v) is 7.25. The van der Waals surface area contributed by atoms with E-state index in [0.717, 1.165) is 22.6 Å². The second kappa shape index (κ2) is 8.57. The lowest BCUT2D eigenvalue weighted by molar-refractivity contribution is 1.43. The van der Waals surface area contributed by atoms with E-state index < -0.39 is 0 Å². The van der Waals surface area contributed by atoms with Crippen LogP contribution in [0.3, 0.4) is 0 Å². The predicted molar refractivity (Wildman–Crippen MR) is 126 cm³/mol. The molecule has 29 heavy (non-hydrogen) atoms. The third kappa shape index (κ3) is 4.80. The molecule has 0 radical (unpaired) electrons. The van der Waals surface area contributed by atoms with Gasteiger partial charge in [-0.2, -0.15) is 0 Å². The highest BCUT2D eigenvalue weighted by Crippen LogP contribution is 2.23. The third-order valence-electron chi connectivity index (χ3n) is 4.82. The summed E-state index contributed by atoms with van der Waals surface area (Å²) in [5.74, 6) is 0. The Hall–Kier alpha value is -3.65. The van der Waals surface area contributed by atoms with Gasteiger partial charge in [0.1, 0.15) is 0 Å². The number of hydrogen-bond acceptors (Lipinski definition) is 2. The Balaban J connectivity index is 1.71. The van der Waals surface area contributed by atoms with Crippen LogP contribution in [0.1, 0.15) is 16.7 Å². The van der Waals surface area contributed by atoms with E-state index in [1.54, 1.807) is 0 Å². The summed E-state index contributed by atoms with van der Waals surface area (Å²) >= 11 is 0. The van der Waals surface area contributed by atoms with Crippen molar-refractivity contribution >= 4 is 34.1 Å². The molecule has 0 aliphatic carbocycles. The molecule has 1 N–H and O–H groups in total. The van der Waals surface area contributed by atoms with Crippen molar-refractivity contribution in [2.45, 2.75) is 13.8 Å². The van der Waals surface area contributed by atoms with Crippen LogP contribution in [0.25, 0.3) is 16.5 Å². The van der Waals surface area contributed by atoms with Gasteiger partial charge in [-0.15, -0.1) is 0 Å². The standard InChI is InChI=1S/C27H24N2/c1-20-7-5-11-25(17-20)28-16-15-27(29-26-12-6-8-21(2)18-26)24-14-13-22-9-3-4-10-23(22)19-24/h3-19,29H,1-2H3/b27-15-,28-16?. The number of aliphatic imine (C=N–C) groups is 1. The highest BCUT2D eigenvalue weighted by molar-refractivity contribution is 5.93. The van der Waals surface area contributed by atoms with Crippen molar-refractivity contribution in [1.29, 1.82) is 0 Å². The monoisotopic (exact) mass is 376 g/mol. The van der Waals surface area contributed by atoms with Crippen LogP contribution in [0.4, 0.5) is 11.4 Å². The molecule has 0 heterocycles. The fourth-order valence-corrected chi connectivity index (χ4v) is 3.35. The molecule has 0 spiro atoms. The number of benzene rings is 4. The van der Waals surface area contributed by atoms with Crippen molar-refractivity contribution < 1.29 is 0 Å². The highest BCUT2D eigenvalue weighted by Gasteiger charge is 2.04. The van der Waals surface area contributed by atoms with Crippen LogP contribution in [0.15, 0.2) is 102 Å². The molecule has 2 heteroatoms. The van der Waals surface area contributed by atoms with Crippen LogP contribution >= 0.6 is 0 Å². The average Bonchev–Trinajstić information content (AvgIpc) is 2.73. The lowest BCUT2D eigenvalue weighted by Crippen LogP contribution is -1.99. The molecule has 4 rings (SSSR count). The van der Waals surface area contributed by atoms with Crippen LogP contribution in [0.2, 0.25) is 0 Å². The normalized spacial score (nSPS) is 11.9. The van der Waals surface area contributed by atoms with Gasteiger partial charge >= 0.3 is 0 Å². The van der Waals surface area contributed by atoms with E-state index in [9.17, 15) is 0 Å². The first-order valence-corrected chi connectivity index (χ1v) is 9.81. The fraction of sp³-hybridized carbons (Fsp3) is 0.0741. The van der Waals surface area contributed by atoms with E-state index in [2.05, 4.69) is 103 Å². The summed E-state index contributed by atoms with van der Waals surface area (Å²) in [5, 5.41) is 6.02. The van der Waals surface area contributed by atoms with Gasteiger partial charge < -0.3 is 5.32 Å². The van der Waals surface area contributed by atoms with Gasteiger partial charge in [0.25, 0.3) is 0 Å². The van der Waals surface area contributed by atoms with E-state index >= 15 is 0 Å². The van der Waals surface area contributed by atoms with E-state index in [4.69, 9.17) is 0 Å². The minimum absolute atomic E-state index is 0.953. The Kier molecular flexibility index (Phi) is 5.53. The van der Waals surface area contributed by atoms with Crippen LogP contribution < -0.4 is 5.32 Å². The van der Waals surface area contributed by atoms with Gasteiger partial charge in [0, 0.05) is 17.6 Å². The quantitative estimate of drug-likeness (QED) is 0.363. The molecule has 0 unspecified atom stereocenters. The molecule has 2 nitrogen and oxygen atoms in total. The smallest absolute Gasteiger partial charge is 0.0632 e. The summed E-state index contributed by atoms with van der Waals surface area (Å²) in [7, 11) is 0. The number of rotatable bonds is 5. The Labute approximate surface area is 172 Å². The number of aryl methyl sites for hydroxylation is 2. The molecule has 0 aliphatic rings. The van der Waals surface area contributed by atoms with Crippen molar-refractivity contribution in [3.8, 4) is 0 Å². The highest BCUT2D eigenvalue weighted by atomic mass is 14.9. The number of fused-ring (bicyclic) bond motifs is 1. The number of hydrogen-bond donors (Lipinski definition) is 1. The van der Waals surface area contributed by atoms with Crippen molar-refractivity contribution in [3.05, 3.63) is 114 Å². The molecule has 0 fully saturated rings. The molecular weight excluding hydrogens is 352 g/mol. The van der Waals surface area contributed by atoms with Crippen molar-refractivity contribution in [1.82, 2.24) is 0 Å². The van der Waals surface area contributed by atoms with Crippen molar-refractivity contribution in [2.24, 2.45) is 4.99 Å². The lowest BCUT2D eigenvalue weighted by atomic mass is 10.0. The minimum atomic E-state index is 0.953. The first-order chi connectivity index (χ1) is 14.2. The molecule has 0 saturated carbocycles. The molecular formula is C27H24N2. The molecule has 0 amide bonds. The number of nitrogens with one attached hydrogen (secondary N) is 1. The van der Waals surface area contributed by atoms with Crippen LogP contribution in [-0.4, -0.2) is 6.21 Å². The van der Waals surface area contributed by atoms with Crippen molar-refractivity contribution in [2.75, 3.05) is 5.32 Å².